The number of para-hydroxylation sites is 1. The van der Waals surface area contributed by atoms with Crippen molar-refractivity contribution in [2.24, 2.45) is 5.11 Å². The molecule has 1 aliphatic heterocycles. The summed E-state index contributed by atoms with van der Waals surface area (Å²) in [5, 5.41) is 3.30. The molecule has 6 heteroatoms. The maximum atomic E-state index is 11.8. The van der Waals surface area contributed by atoms with E-state index in [9.17, 15) is 4.79 Å². The summed E-state index contributed by atoms with van der Waals surface area (Å²) < 4.78 is 0. The lowest BCUT2D eigenvalue weighted by Gasteiger charge is -2.28. The van der Waals surface area contributed by atoms with E-state index in [-0.39, 0.29) is 12.5 Å². The quantitative estimate of drug-likeness (QED) is 0.448. The van der Waals surface area contributed by atoms with Gasteiger partial charge >= 0.3 is 0 Å². The number of hydrogen-bond donors (Lipinski definition) is 0. The molecule has 1 aromatic carbocycles. The number of carbonyl (C=O) groups excluding carboxylic acids is 1. The van der Waals surface area contributed by atoms with Crippen molar-refractivity contribution in [1.29, 1.82) is 0 Å². The lowest BCUT2D eigenvalue weighted by molar-refractivity contribution is -0.117. The third-order valence-electron chi connectivity index (χ3n) is 2.30. The van der Waals surface area contributed by atoms with Crippen molar-refractivity contribution in [3.05, 3.63) is 34.7 Å². The predicted octanol–water partition coefficient (Wildman–Crippen LogP) is 2.44. The summed E-state index contributed by atoms with van der Waals surface area (Å²) in [6.45, 7) is 0.553. The van der Waals surface area contributed by atoms with E-state index in [1.54, 1.807) is 16.7 Å². The summed E-state index contributed by atoms with van der Waals surface area (Å²) in [5.74, 6) is 0.726. The Bertz CT molecular complexity index is 456. The maximum Gasteiger partial charge on any atom is 0.232 e. The third kappa shape index (κ3) is 2.13. The maximum absolute atomic E-state index is 11.8. The van der Waals surface area contributed by atoms with Gasteiger partial charge in [-0.15, -0.1) is 11.8 Å². The molecule has 0 unspecified atom stereocenters. The fourth-order valence-corrected chi connectivity index (χ4v) is 2.60. The van der Waals surface area contributed by atoms with Gasteiger partial charge in [-0.05, 0) is 17.7 Å². The minimum absolute atomic E-state index is 0.116. The van der Waals surface area contributed by atoms with Crippen LogP contribution in [0.3, 0.4) is 0 Å². The number of nitrogens with zero attached hydrogens (tertiary/aromatic N) is 4. The highest BCUT2D eigenvalue weighted by atomic mass is 32.2. The second-order valence-electron chi connectivity index (χ2n) is 3.25. The molecule has 1 amide bonds. The summed E-state index contributed by atoms with van der Waals surface area (Å²) >= 11 is 1.74. The van der Waals surface area contributed by atoms with Crippen LogP contribution in [-0.2, 0) is 4.79 Å². The zero-order valence-electron chi connectivity index (χ0n) is 8.54. The van der Waals surface area contributed by atoms with E-state index in [1.165, 1.54) is 0 Å². The molecule has 0 saturated heterocycles. The molecule has 0 N–H and O–H groups in total. The normalized spacial score (nSPS) is 13.9. The smallest absolute Gasteiger partial charge is 0.232 e. The predicted molar refractivity (Wildman–Crippen MR) is 63.5 cm³/mol. The second kappa shape index (κ2) is 4.92. The first-order valence-corrected chi connectivity index (χ1v) is 5.84. The second-order valence-corrected chi connectivity index (χ2v) is 4.39. The monoisotopic (exact) mass is 234 g/mol. The SMILES string of the molecule is [N-]=[N+]=NCC(=O)N1CCSc2ccccc21. The summed E-state index contributed by atoms with van der Waals surface area (Å²) in [6.07, 6.45) is 0. The van der Waals surface area contributed by atoms with Crippen molar-refractivity contribution < 1.29 is 4.79 Å². The molecular weight excluding hydrogens is 224 g/mol. The van der Waals surface area contributed by atoms with E-state index < -0.39 is 0 Å². The van der Waals surface area contributed by atoms with Crippen LogP contribution in [0.4, 0.5) is 5.69 Å². The average molecular weight is 234 g/mol. The van der Waals surface area contributed by atoms with E-state index in [2.05, 4.69) is 10.0 Å². The van der Waals surface area contributed by atoms with Gasteiger partial charge in [-0.3, -0.25) is 4.79 Å². The van der Waals surface area contributed by atoms with Crippen LogP contribution in [0.5, 0.6) is 0 Å². The van der Waals surface area contributed by atoms with Gasteiger partial charge in [0.15, 0.2) is 0 Å². The Balaban J connectivity index is 2.24. The summed E-state index contributed by atoms with van der Waals surface area (Å²) in [5.41, 5.74) is 9.11. The zero-order valence-corrected chi connectivity index (χ0v) is 9.35. The molecule has 1 heterocycles. The van der Waals surface area contributed by atoms with Gasteiger partial charge in [-0.1, -0.05) is 17.2 Å². The molecule has 0 bridgehead atoms. The molecule has 1 aliphatic rings. The first-order valence-electron chi connectivity index (χ1n) is 4.86. The average Bonchev–Trinajstić information content (AvgIpc) is 2.35. The number of rotatable bonds is 2. The van der Waals surface area contributed by atoms with Crippen molar-refractivity contribution in [2.75, 3.05) is 23.7 Å². The highest BCUT2D eigenvalue weighted by Gasteiger charge is 2.21. The van der Waals surface area contributed by atoms with Crippen LogP contribution in [0.15, 0.2) is 34.3 Å². The number of azide groups is 1. The molecule has 0 radical (unpaired) electrons. The number of carbonyl (C=O) groups is 1. The Kier molecular flexibility index (Phi) is 3.34. The van der Waals surface area contributed by atoms with E-state index in [0.29, 0.717) is 6.54 Å². The van der Waals surface area contributed by atoms with Crippen LogP contribution in [0.25, 0.3) is 10.4 Å². The summed E-state index contributed by atoms with van der Waals surface area (Å²) in [7, 11) is 0. The molecule has 2 rings (SSSR count). The third-order valence-corrected chi connectivity index (χ3v) is 3.34. The molecule has 0 aromatic heterocycles. The number of fused-ring (bicyclic) bond motifs is 1. The number of anilines is 1. The van der Waals surface area contributed by atoms with Crippen LogP contribution in [0.2, 0.25) is 0 Å². The first kappa shape index (κ1) is 10.9. The van der Waals surface area contributed by atoms with Crippen LogP contribution < -0.4 is 4.90 Å². The molecule has 0 fully saturated rings. The van der Waals surface area contributed by atoms with Gasteiger partial charge in [0.2, 0.25) is 5.91 Å². The number of hydrogen-bond acceptors (Lipinski definition) is 3. The van der Waals surface area contributed by atoms with Gasteiger partial charge in [0, 0.05) is 22.1 Å². The van der Waals surface area contributed by atoms with Crippen LogP contribution in [0, 0.1) is 0 Å². The Hall–Kier alpha value is -1.65. The van der Waals surface area contributed by atoms with Crippen LogP contribution in [-0.4, -0.2) is 24.7 Å². The van der Waals surface area contributed by atoms with Crippen molar-refractivity contribution in [2.45, 2.75) is 4.90 Å². The highest BCUT2D eigenvalue weighted by molar-refractivity contribution is 7.99. The number of thioether (sulfide) groups is 1. The number of benzene rings is 1. The lowest BCUT2D eigenvalue weighted by atomic mass is 10.2. The Morgan fingerprint density at radius 1 is 1.56 bits per heavy atom. The van der Waals surface area contributed by atoms with Gasteiger partial charge in [0.1, 0.15) is 6.54 Å². The Labute approximate surface area is 97.1 Å². The highest BCUT2D eigenvalue weighted by Crippen LogP contribution is 2.34. The van der Waals surface area contributed by atoms with Crippen molar-refractivity contribution in [3.8, 4) is 0 Å². The summed E-state index contributed by atoms with van der Waals surface area (Å²) in [6, 6.07) is 7.76. The molecule has 82 valence electrons. The van der Waals surface area contributed by atoms with E-state index in [4.69, 9.17) is 5.53 Å². The molecular formula is C10H10N4OS. The van der Waals surface area contributed by atoms with Gasteiger partial charge in [-0.2, -0.15) is 0 Å². The van der Waals surface area contributed by atoms with Crippen molar-refractivity contribution in [1.82, 2.24) is 0 Å². The standard InChI is InChI=1S/C10H10N4OS/c11-13-12-7-10(15)14-5-6-16-9-4-2-1-3-8(9)14/h1-4H,5-7H2. The molecule has 5 nitrogen and oxygen atoms in total. The van der Waals surface area contributed by atoms with Crippen molar-refractivity contribution >= 4 is 23.4 Å². The molecule has 0 atom stereocenters. The van der Waals surface area contributed by atoms with Gasteiger partial charge in [0.05, 0.1) is 5.69 Å². The molecule has 0 saturated carbocycles. The zero-order chi connectivity index (χ0) is 11.4. The van der Waals surface area contributed by atoms with Crippen molar-refractivity contribution in [3.63, 3.8) is 0 Å². The topological polar surface area (TPSA) is 69.1 Å². The fraction of sp³-hybridized carbons (Fsp3) is 0.300. The minimum Gasteiger partial charge on any atom is -0.310 e. The molecule has 16 heavy (non-hydrogen) atoms. The molecule has 0 spiro atoms. The number of amides is 1. The lowest BCUT2D eigenvalue weighted by Crippen LogP contribution is -2.36. The Morgan fingerprint density at radius 2 is 2.38 bits per heavy atom. The van der Waals surface area contributed by atoms with Gasteiger partial charge in [0.25, 0.3) is 0 Å². The Morgan fingerprint density at radius 3 is 3.19 bits per heavy atom. The first-order chi connectivity index (χ1) is 7.83. The molecule has 0 aliphatic carbocycles. The van der Waals surface area contributed by atoms with Crippen LogP contribution >= 0.6 is 11.8 Å². The summed E-state index contributed by atoms with van der Waals surface area (Å²) in [4.78, 5) is 17.2. The van der Waals surface area contributed by atoms with Gasteiger partial charge < -0.3 is 4.90 Å². The minimum atomic E-state index is -0.148. The molecule has 1 aromatic rings. The largest absolute Gasteiger partial charge is 0.310 e. The van der Waals surface area contributed by atoms with E-state index in [1.807, 2.05) is 24.3 Å². The van der Waals surface area contributed by atoms with Gasteiger partial charge in [-0.25, -0.2) is 0 Å². The van der Waals surface area contributed by atoms with E-state index >= 15 is 0 Å². The van der Waals surface area contributed by atoms with Crippen LogP contribution in [0.1, 0.15) is 0 Å². The fourth-order valence-electron chi connectivity index (χ4n) is 1.61. The van der Waals surface area contributed by atoms with E-state index in [0.717, 1.165) is 16.3 Å².